The fourth-order valence-corrected chi connectivity index (χ4v) is 3.59. The predicted molar refractivity (Wildman–Crippen MR) is 81.4 cm³/mol. The highest BCUT2D eigenvalue weighted by Gasteiger charge is 2.42. The second-order valence-corrected chi connectivity index (χ2v) is 7.07. The summed E-state index contributed by atoms with van der Waals surface area (Å²) in [7, 11) is 0. The zero-order chi connectivity index (χ0) is 16.1. The molecule has 1 fully saturated rings. The first-order valence-corrected chi connectivity index (χ1v) is 8.22. The molecule has 2 unspecified atom stereocenters. The van der Waals surface area contributed by atoms with E-state index >= 15 is 0 Å². The Labute approximate surface area is 127 Å². The van der Waals surface area contributed by atoms with Crippen LogP contribution < -0.4 is 5.32 Å². The van der Waals surface area contributed by atoms with Crippen molar-refractivity contribution in [3.05, 3.63) is 0 Å². The molecule has 2 atom stereocenters. The lowest BCUT2D eigenvalue weighted by atomic mass is 9.84. The lowest BCUT2D eigenvalue weighted by Crippen LogP contribution is -2.47. The number of halogens is 3. The molecule has 5 heteroatoms. The van der Waals surface area contributed by atoms with Gasteiger partial charge in [0.1, 0.15) is 0 Å². The minimum atomic E-state index is -4.10. The van der Waals surface area contributed by atoms with E-state index in [0.717, 1.165) is 32.2 Å². The summed E-state index contributed by atoms with van der Waals surface area (Å²) in [5.74, 6) is 0.320. The molecule has 0 amide bonds. The lowest BCUT2D eigenvalue weighted by Gasteiger charge is -2.34. The average Bonchev–Trinajstić information content (AvgIpc) is 2.60. The quantitative estimate of drug-likeness (QED) is 0.727. The number of alkyl halides is 3. The Kier molecular flexibility index (Phi) is 6.98. The van der Waals surface area contributed by atoms with Gasteiger partial charge in [0.05, 0.1) is 6.54 Å². The zero-order valence-electron chi connectivity index (χ0n) is 13.9. The summed E-state index contributed by atoms with van der Waals surface area (Å²) >= 11 is 0. The van der Waals surface area contributed by atoms with E-state index in [-0.39, 0.29) is 5.41 Å². The van der Waals surface area contributed by atoms with Crippen LogP contribution in [0.15, 0.2) is 0 Å². The Hall–Kier alpha value is -0.290. The van der Waals surface area contributed by atoms with Gasteiger partial charge in [-0.1, -0.05) is 27.7 Å². The number of nitrogens with zero attached hydrogens (tertiary/aromatic N) is 1. The standard InChI is InChI=1S/C16H31F3N2/c1-5-9-20-14-13(7-8-15(14,3)4)11-21(10-6-2)12-16(17,18)19/h13-14,20H,5-12H2,1-4H3. The van der Waals surface area contributed by atoms with Crippen LogP contribution in [0.5, 0.6) is 0 Å². The minimum Gasteiger partial charge on any atom is -0.313 e. The summed E-state index contributed by atoms with van der Waals surface area (Å²) in [4.78, 5) is 1.59. The number of nitrogens with one attached hydrogen (secondary N) is 1. The molecule has 0 saturated heterocycles. The summed E-state index contributed by atoms with van der Waals surface area (Å²) in [5.41, 5.74) is 0.177. The van der Waals surface area contributed by atoms with Crippen molar-refractivity contribution in [3.63, 3.8) is 0 Å². The van der Waals surface area contributed by atoms with E-state index in [1.807, 2.05) is 6.92 Å². The lowest BCUT2D eigenvalue weighted by molar-refractivity contribution is -0.147. The molecule has 1 N–H and O–H groups in total. The Morgan fingerprint density at radius 3 is 2.38 bits per heavy atom. The average molecular weight is 308 g/mol. The van der Waals surface area contributed by atoms with E-state index in [0.29, 0.717) is 25.0 Å². The number of hydrogen-bond donors (Lipinski definition) is 1. The molecule has 0 radical (unpaired) electrons. The van der Waals surface area contributed by atoms with Gasteiger partial charge in [-0.25, -0.2) is 0 Å². The van der Waals surface area contributed by atoms with Gasteiger partial charge in [-0.15, -0.1) is 0 Å². The zero-order valence-corrected chi connectivity index (χ0v) is 13.9. The predicted octanol–water partition coefficient (Wildman–Crippen LogP) is 4.07. The van der Waals surface area contributed by atoms with Crippen LogP contribution in [-0.4, -0.2) is 43.3 Å². The van der Waals surface area contributed by atoms with Crippen molar-refractivity contribution in [2.24, 2.45) is 11.3 Å². The third-order valence-electron chi connectivity index (χ3n) is 4.52. The van der Waals surface area contributed by atoms with E-state index in [4.69, 9.17) is 0 Å². The molecule has 1 saturated carbocycles. The Morgan fingerprint density at radius 1 is 1.19 bits per heavy atom. The number of rotatable bonds is 8. The van der Waals surface area contributed by atoms with Gasteiger partial charge in [0, 0.05) is 12.6 Å². The summed E-state index contributed by atoms with van der Waals surface area (Å²) in [6.07, 6.45) is -0.174. The minimum absolute atomic E-state index is 0.177. The molecule has 2 nitrogen and oxygen atoms in total. The van der Waals surface area contributed by atoms with Gasteiger partial charge in [-0.3, -0.25) is 4.90 Å². The van der Waals surface area contributed by atoms with Gasteiger partial charge in [-0.05, 0) is 50.1 Å². The monoisotopic (exact) mass is 308 g/mol. The normalized spacial score (nSPS) is 25.7. The van der Waals surface area contributed by atoms with E-state index in [1.54, 1.807) is 4.90 Å². The van der Waals surface area contributed by atoms with Crippen LogP contribution in [0.25, 0.3) is 0 Å². The summed E-state index contributed by atoms with van der Waals surface area (Å²) < 4.78 is 38.1. The smallest absolute Gasteiger partial charge is 0.313 e. The SMILES string of the molecule is CCCNC1C(CN(CCC)CC(F)(F)F)CCC1(C)C. The first-order valence-electron chi connectivity index (χ1n) is 8.22. The fourth-order valence-electron chi connectivity index (χ4n) is 3.59. The van der Waals surface area contributed by atoms with Crippen LogP contribution in [0.3, 0.4) is 0 Å². The van der Waals surface area contributed by atoms with Crippen molar-refractivity contribution < 1.29 is 13.2 Å². The third kappa shape index (κ3) is 6.15. The van der Waals surface area contributed by atoms with Crippen LogP contribution >= 0.6 is 0 Å². The van der Waals surface area contributed by atoms with Gasteiger partial charge < -0.3 is 5.32 Å². The second-order valence-electron chi connectivity index (χ2n) is 7.07. The van der Waals surface area contributed by atoms with E-state index < -0.39 is 12.7 Å². The molecule has 126 valence electrons. The molecule has 0 aromatic rings. The maximum atomic E-state index is 12.7. The Bertz CT molecular complexity index is 302. The Morgan fingerprint density at radius 2 is 1.86 bits per heavy atom. The molecule has 0 aromatic heterocycles. The number of hydrogen-bond acceptors (Lipinski definition) is 2. The molecule has 0 aliphatic heterocycles. The first-order chi connectivity index (χ1) is 9.69. The van der Waals surface area contributed by atoms with Crippen molar-refractivity contribution in [2.45, 2.75) is 65.6 Å². The van der Waals surface area contributed by atoms with Gasteiger partial charge in [0.15, 0.2) is 0 Å². The second kappa shape index (κ2) is 7.82. The molecule has 21 heavy (non-hydrogen) atoms. The van der Waals surface area contributed by atoms with Crippen molar-refractivity contribution in [1.82, 2.24) is 10.2 Å². The van der Waals surface area contributed by atoms with Gasteiger partial charge in [0.2, 0.25) is 0 Å². The third-order valence-corrected chi connectivity index (χ3v) is 4.52. The van der Waals surface area contributed by atoms with Crippen molar-refractivity contribution >= 4 is 0 Å². The van der Waals surface area contributed by atoms with Crippen LogP contribution in [0.2, 0.25) is 0 Å². The van der Waals surface area contributed by atoms with E-state index in [1.165, 1.54) is 0 Å². The highest BCUT2D eigenvalue weighted by Crippen LogP contribution is 2.41. The molecular weight excluding hydrogens is 277 g/mol. The molecule has 0 heterocycles. The summed E-state index contributed by atoms with van der Waals surface area (Å²) in [6.45, 7) is 9.76. The molecule has 1 rings (SSSR count). The van der Waals surface area contributed by atoms with Crippen LogP contribution in [0.4, 0.5) is 13.2 Å². The van der Waals surface area contributed by atoms with Crippen molar-refractivity contribution in [1.29, 1.82) is 0 Å². The highest BCUT2D eigenvalue weighted by atomic mass is 19.4. The largest absolute Gasteiger partial charge is 0.401 e. The molecule has 1 aliphatic rings. The first kappa shape index (κ1) is 18.8. The van der Waals surface area contributed by atoms with Crippen LogP contribution in [-0.2, 0) is 0 Å². The van der Waals surface area contributed by atoms with E-state index in [9.17, 15) is 13.2 Å². The van der Waals surface area contributed by atoms with Gasteiger partial charge in [0.25, 0.3) is 0 Å². The van der Waals surface area contributed by atoms with Crippen molar-refractivity contribution in [2.75, 3.05) is 26.2 Å². The highest BCUT2D eigenvalue weighted by molar-refractivity contribution is 4.97. The summed E-state index contributed by atoms with van der Waals surface area (Å²) in [6, 6.07) is 0.324. The van der Waals surface area contributed by atoms with E-state index in [2.05, 4.69) is 26.1 Å². The molecular formula is C16H31F3N2. The Balaban J connectivity index is 2.67. The van der Waals surface area contributed by atoms with Crippen molar-refractivity contribution in [3.8, 4) is 0 Å². The molecule has 1 aliphatic carbocycles. The van der Waals surface area contributed by atoms with Gasteiger partial charge in [-0.2, -0.15) is 13.2 Å². The molecule has 0 bridgehead atoms. The fraction of sp³-hybridized carbons (Fsp3) is 1.00. The van der Waals surface area contributed by atoms with Gasteiger partial charge >= 0.3 is 6.18 Å². The van der Waals surface area contributed by atoms with Crippen LogP contribution in [0.1, 0.15) is 53.4 Å². The maximum Gasteiger partial charge on any atom is 0.401 e. The molecule has 0 aromatic carbocycles. The maximum absolute atomic E-state index is 12.7. The summed E-state index contributed by atoms with van der Waals surface area (Å²) in [5, 5.41) is 3.57. The topological polar surface area (TPSA) is 15.3 Å². The molecule has 0 spiro atoms. The van der Waals surface area contributed by atoms with Crippen LogP contribution in [0, 0.1) is 11.3 Å².